The average molecular weight is 767 g/mol. The Kier molecular flexibility index (Phi) is 41.1. The SMILES string of the molecule is CC/C=C\C/C=C\C/C=C\CCCCCCCCC(=O)OCC(COC(=O)C/C=C\C/C=C\C/C=C\CC)OC(=O)CCCCCCCCCCCCCC. The number of ether oxygens (including phenoxy) is 3. The van der Waals surface area contributed by atoms with Crippen LogP contribution in [-0.2, 0) is 28.6 Å². The Morgan fingerprint density at radius 1 is 0.400 bits per heavy atom. The minimum absolute atomic E-state index is 0.109. The Balaban J connectivity index is 4.43. The third-order valence-corrected chi connectivity index (χ3v) is 9.24. The summed E-state index contributed by atoms with van der Waals surface area (Å²) in [5.74, 6) is -1.05. The topological polar surface area (TPSA) is 78.9 Å². The highest BCUT2D eigenvalue weighted by Crippen LogP contribution is 2.14. The number of hydrogen-bond acceptors (Lipinski definition) is 6. The standard InChI is InChI=1S/C49H82O6/c1-4-7-10-13-16-19-21-23-24-25-26-28-30-33-36-39-42-48(51)54-45-46(44-53-47(50)41-38-35-32-29-18-15-12-9-6-3)55-49(52)43-40-37-34-31-27-22-20-17-14-11-8-5-2/h7,9-10,12,16,18-19,23-24,29,35,38,46H,4-6,8,11,13-15,17,20-22,25-28,30-34,36-37,39-45H2,1-3H3/b10-7-,12-9-,19-16-,24-23-,29-18-,38-35-. The molecule has 0 aromatic heterocycles. The predicted molar refractivity (Wildman–Crippen MR) is 233 cm³/mol. The van der Waals surface area contributed by atoms with Gasteiger partial charge in [-0.25, -0.2) is 0 Å². The smallest absolute Gasteiger partial charge is 0.309 e. The number of carbonyl (C=O) groups excluding carboxylic acids is 3. The van der Waals surface area contributed by atoms with Crippen molar-refractivity contribution in [3.63, 3.8) is 0 Å². The molecule has 0 bridgehead atoms. The molecular formula is C49H82O6. The minimum Gasteiger partial charge on any atom is -0.462 e. The van der Waals surface area contributed by atoms with E-state index in [9.17, 15) is 14.4 Å². The van der Waals surface area contributed by atoms with Crippen molar-refractivity contribution >= 4 is 17.9 Å². The molecule has 0 fully saturated rings. The molecule has 0 heterocycles. The molecule has 0 aliphatic carbocycles. The fourth-order valence-corrected chi connectivity index (χ4v) is 5.93. The molecule has 0 radical (unpaired) electrons. The zero-order chi connectivity index (χ0) is 40.1. The van der Waals surface area contributed by atoms with Crippen molar-refractivity contribution in [2.45, 2.75) is 207 Å². The van der Waals surface area contributed by atoms with Gasteiger partial charge in [-0.1, -0.05) is 190 Å². The van der Waals surface area contributed by atoms with E-state index >= 15 is 0 Å². The summed E-state index contributed by atoms with van der Waals surface area (Å²) >= 11 is 0. The quantitative estimate of drug-likeness (QED) is 0.0268. The molecule has 0 aromatic carbocycles. The summed E-state index contributed by atoms with van der Waals surface area (Å²) < 4.78 is 16.6. The van der Waals surface area contributed by atoms with Crippen LogP contribution in [0.2, 0.25) is 0 Å². The molecule has 0 aliphatic rings. The van der Waals surface area contributed by atoms with Crippen LogP contribution in [0.4, 0.5) is 0 Å². The van der Waals surface area contributed by atoms with Gasteiger partial charge in [-0.3, -0.25) is 14.4 Å². The minimum atomic E-state index is -0.811. The van der Waals surface area contributed by atoms with Crippen molar-refractivity contribution in [1.82, 2.24) is 0 Å². The molecule has 1 unspecified atom stereocenters. The second-order valence-electron chi connectivity index (χ2n) is 14.6. The molecule has 0 aliphatic heterocycles. The van der Waals surface area contributed by atoms with Crippen LogP contribution >= 0.6 is 0 Å². The maximum Gasteiger partial charge on any atom is 0.309 e. The zero-order valence-electron chi connectivity index (χ0n) is 35.7. The van der Waals surface area contributed by atoms with Crippen molar-refractivity contribution in [3.05, 3.63) is 72.9 Å². The van der Waals surface area contributed by atoms with Crippen LogP contribution in [0.3, 0.4) is 0 Å². The lowest BCUT2D eigenvalue weighted by Gasteiger charge is -2.18. The number of allylic oxidation sites excluding steroid dienone is 11. The molecule has 0 spiro atoms. The first-order chi connectivity index (χ1) is 27.0. The second-order valence-corrected chi connectivity index (χ2v) is 14.6. The molecule has 0 amide bonds. The van der Waals surface area contributed by atoms with Crippen molar-refractivity contribution in [2.24, 2.45) is 0 Å². The van der Waals surface area contributed by atoms with Crippen LogP contribution in [0.15, 0.2) is 72.9 Å². The first-order valence-electron chi connectivity index (χ1n) is 22.4. The summed E-state index contributed by atoms with van der Waals surface area (Å²) in [5.41, 5.74) is 0. The Bertz CT molecular complexity index is 1070. The first-order valence-corrected chi connectivity index (χ1v) is 22.4. The van der Waals surface area contributed by atoms with E-state index in [1.807, 2.05) is 6.08 Å². The van der Waals surface area contributed by atoms with Crippen molar-refractivity contribution in [2.75, 3.05) is 13.2 Å². The van der Waals surface area contributed by atoms with Gasteiger partial charge in [0.2, 0.25) is 0 Å². The van der Waals surface area contributed by atoms with E-state index in [-0.39, 0.29) is 31.6 Å². The molecule has 0 rings (SSSR count). The third kappa shape index (κ3) is 41.8. The maximum atomic E-state index is 12.7. The van der Waals surface area contributed by atoms with E-state index in [1.54, 1.807) is 6.08 Å². The van der Waals surface area contributed by atoms with E-state index in [4.69, 9.17) is 14.2 Å². The predicted octanol–water partition coefficient (Wildman–Crippen LogP) is 14.3. The largest absolute Gasteiger partial charge is 0.462 e. The maximum absolute atomic E-state index is 12.7. The lowest BCUT2D eigenvalue weighted by Crippen LogP contribution is -2.30. The van der Waals surface area contributed by atoms with E-state index in [0.717, 1.165) is 89.9 Å². The van der Waals surface area contributed by atoms with Gasteiger partial charge in [-0.05, 0) is 64.2 Å². The first kappa shape index (κ1) is 51.9. The summed E-state index contributed by atoms with van der Waals surface area (Å²) in [7, 11) is 0. The fraction of sp³-hybridized carbons (Fsp3) is 0.694. The van der Waals surface area contributed by atoms with Gasteiger partial charge in [0.15, 0.2) is 6.10 Å². The van der Waals surface area contributed by atoms with Crippen molar-refractivity contribution in [1.29, 1.82) is 0 Å². The third-order valence-electron chi connectivity index (χ3n) is 9.24. The highest BCUT2D eigenvalue weighted by molar-refractivity contribution is 5.72. The Morgan fingerprint density at radius 2 is 0.782 bits per heavy atom. The highest BCUT2D eigenvalue weighted by atomic mass is 16.6. The average Bonchev–Trinajstić information content (AvgIpc) is 3.18. The monoisotopic (exact) mass is 767 g/mol. The van der Waals surface area contributed by atoms with E-state index in [0.29, 0.717) is 12.8 Å². The van der Waals surface area contributed by atoms with Gasteiger partial charge in [0, 0.05) is 12.8 Å². The molecule has 6 nitrogen and oxygen atoms in total. The summed E-state index contributed by atoms with van der Waals surface area (Å²) in [5, 5.41) is 0. The number of unbranched alkanes of at least 4 members (excludes halogenated alkanes) is 17. The second kappa shape index (κ2) is 43.6. The van der Waals surface area contributed by atoms with Gasteiger partial charge in [0.05, 0.1) is 6.42 Å². The summed E-state index contributed by atoms with van der Waals surface area (Å²) in [4.78, 5) is 37.6. The zero-order valence-corrected chi connectivity index (χ0v) is 35.7. The normalized spacial score (nSPS) is 12.7. The molecular weight excluding hydrogens is 685 g/mol. The Hall–Kier alpha value is -3.15. The van der Waals surface area contributed by atoms with Crippen LogP contribution in [0.25, 0.3) is 0 Å². The van der Waals surface area contributed by atoms with E-state index < -0.39 is 12.1 Å². The number of esters is 3. The summed E-state index contributed by atoms with van der Waals surface area (Å²) in [6.07, 6.45) is 53.5. The van der Waals surface area contributed by atoms with Gasteiger partial charge in [-0.15, -0.1) is 0 Å². The summed E-state index contributed by atoms with van der Waals surface area (Å²) in [6, 6.07) is 0. The van der Waals surface area contributed by atoms with Crippen molar-refractivity contribution < 1.29 is 28.6 Å². The molecule has 0 N–H and O–H groups in total. The Morgan fingerprint density at radius 3 is 1.27 bits per heavy atom. The molecule has 55 heavy (non-hydrogen) atoms. The fourth-order valence-electron chi connectivity index (χ4n) is 5.93. The highest BCUT2D eigenvalue weighted by Gasteiger charge is 2.19. The molecule has 0 saturated carbocycles. The lowest BCUT2D eigenvalue weighted by atomic mass is 10.0. The van der Waals surface area contributed by atoms with Crippen LogP contribution in [0, 0.1) is 0 Å². The molecule has 1 atom stereocenters. The van der Waals surface area contributed by atoms with Crippen LogP contribution in [0.5, 0.6) is 0 Å². The van der Waals surface area contributed by atoms with Gasteiger partial charge in [-0.2, -0.15) is 0 Å². The van der Waals surface area contributed by atoms with Gasteiger partial charge < -0.3 is 14.2 Å². The van der Waals surface area contributed by atoms with Gasteiger partial charge in [0.1, 0.15) is 13.2 Å². The lowest BCUT2D eigenvalue weighted by molar-refractivity contribution is -0.166. The van der Waals surface area contributed by atoms with E-state index in [2.05, 4.69) is 81.5 Å². The number of hydrogen-bond donors (Lipinski definition) is 0. The van der Waals surface area contributed by atoms with Crippen molar-refractivity contribution in [3.8, 4) is 0 Å². The molecule has 6 heteroatoms. The van der Waals surface area contributed by atoms with Crippen LogP contribution in [0.1, 0.15) is 201 Å². The number of carbonyl (C=O) groups is 3. The van der Waals surface area contributed by atoms with Crippen LogP contribution in [-0.4, -0.2) is 37.2 Å². The molecule has 314 valence electrons. The number of rotatable bonds is 39. The summed E-state index contributed by atoms with van der Waals surface area (Å²) in [6.45, 7) is 6.28. The van der Waals surface area contributed by atoms with Gasteiger partial charge in [0.25, 0.3) is 0 Å². The van der Waals surface area contributed by atoms with Gasteiger partial charge >= 0.3 is 17.9 Å². The van der Waals surface area contributed by atoms with E-state index in [1.165, 1.54) is 70.6 Å². The van der Waals surface area contributed by atoms with Crippen LogP contribution < -0.4 is 0 Å². The Labute approximate surface area is 338 Å². The molecule has 0 saturated heterocycles. The molecule has 0 aromatic rings.